The molecule has 1 rings (SSSR count). The van der Waals surface area contributed by atoms with Crippen molar-refractivity contribution < 1.29 is 13.7 Å². The summed E-state index contributed by atoms with van der Waals surface area (Å²) in [6, 6.07) is 0. The Morgan fingerprint density at radius 1 is 1.67 bits per heavy atom. The van der Waals surface area contributed by atoms with Gasteiger partial charge in [-0.2, -0.15) is 0 Å². The third-order valence-electron chi connectivity index (χ3n) is 1.64. The molecule has 1 aromatic rings. The van der Waals surface area contributed by atoms with Crippen molar-refractivity contribution in [1.29, 1.82) is 0 Å². The van der Waals surface area contributed by atoms with E-state index in [4.69, 9.17) is 0 Å². The zero-order valence-electron chi connectivity index (χ0n) is 7.08. The van der Waals surface area contributed by atoms with E-state index < -0.39 is 22.7 Å². The van der Waals surface area contributed by atoms with E-state index in [0.717, 1.165) is 0 Å². The van der Waals surface area contributed by atoms with Gasteiger partial charge in [0.15, 0.2) is 0 Å². The normalized spacial score (nSPS) is 10.7. The predicted octanol–water partition coefficient (Wildman–Crippen LogP) is 3.43. The molecule has 0 bridgehead atoms. The Balaban J connectivity index is 3.44. The van der Waals surface area contributed by atoms with Gasteiger partial charge >= 0.3 is 5.82 Å². The molecule has 8 heteroatoms. The second-order valence-electron chi connectivity index (χ2n) is 2.53. The van der Waals surface area contributed by atoms with Crippen LogP contribution in [0.25, 0.3) is 0 Å². The van der Waals surface area contributed by atoms with E-state index >= 15 is 0 Å². The van der Waals surface area contributed by atoms with Crippen LogP contribution in [0.4, 0.5) is 14.6 Å². The average molecular weight is 393 g/mol. The molecule has 0 aliphatic heterocycles. The highest BCUT2D eigenvalue weighted by Gasteiger charge is 2.28. The quantitative estimate of drug-likeness (QED) is 0.343. The minimum atomic E-state index is -2.90. The van der Waals surface area contributed by atoms with E-state index in [1.165, 1.54) is 6.20 Å². The zero-order chi connectivity index (χ0) is 11.6. The highest BCUT2D eigenvalue weighted by atomic mass is 127. The number of nitro groups is 1. The van der Waals surface area contributed by atoms with Crippen LogP contribution >= 0.6 is 38.5 Å². The molecule has 0 N–H and O–H groups in total. The number of pyridine rings is 1. The standard InChI is InChI=1S/C7H4BrF2IN2O2/c8-1-3-2-12-7(13(14)15)4(5(3)11)6(9)10/h2,6H,1H2. The predicted molar refractivity (Wildman–Crippen MR) is 61.2 cm³/mol. The molecule has 15 heavy (non-hydrogen) atoms. The van der Waals surface area contributed by atoms with Crippen LogP contribution in [0.2, 0.25) is 0 Å². The van der Waals surface area contributed by atoms with Gasteiger partial charge in [0.1, 0.15) is 11.8 Å². The number of halogens is 4. The van der Waals surface area contributed by atoms with Crippen LogP contribution in [0.5, 0.6) is 0 Å². The van der Waals surface area contributed by atoms with Crippen molar-refractivity contribution in [3.63, 3.8) is 0 Å². The molecule has 0 amide bonds. The van der Waals surface area contributed by atoms with Gasteiger partial charge in [-0.05, 0) is 32.5 Å². The lowest BCUT2D eigenvalue weighted by molar-refractivity contribution is -0.391. The van der Waals surface area contributed by atoms with Crippen molar-refractivity contribution in [2.75, 3.05) is 0 Å². The van der Waals surface area contributed by atoms with Crippen molar-refractivity contribution in [1.82, 2.24) is 4.98 Å². The van der Waals surface area contributed by atoms with Crippen molar-refractivity contribution >= 4 is 44.3 Å². The molecule has 0 spiro atoms. The third kappa shape index (κ3) is 2.60. The first kappa shape index (κ1) is 12.7. The zero-order valence-corrected chi connectivity index (χ0v) is 10.8. The first-order chi connectivity index (χ1) is 6.99. The van der Waals surface area contributed by atoms with Gasteiger partial charge in [-0.25, -0.2) is 8.78 Å². The number of nitrogens with zero attached hydrogens (tertiary/aromatic N) is 2. The fourth-order valence-corrected chi connectivity index (χ4v) is 2.72. The smallest absolute Gasteiger partial charge is 0.358 e. The third-order valence-corrected chi connectivity index (χ3v) is 3.52. The van der Waals surface area contributed by atoms with E-state index in [1.807, 2.05) is 0 Å². The van der Waals surface area contributed by atoms with Gasteiger partial charge in [0.2, 0.25) is 0 Å². The molecule has 0 aliphatic carbocycles. The fraction of sp³-hybridized carbons (Fsp3) is 0.286. The lowest BCUT2D eigenvalue weighted by Crippen LogP contribution is -2.04. The van der Waals surface area contributed by atoms with Gasteiger partial charge in [-0.15, -0.1) is 0 Å². The largest absolute Gasteiger partial charge is 0.373 e. The lowest BCUT2D eigenvalue weighted by Gasteiger charge is -2.06. The Morgan fingerprint density at radius 2 is 2.27 bits per heavy atom. The number of hydrogen-bond donors (Lipinski definition) is 0. The maximum Gasteiger partial charge on any atom is 0.373 e. The van der Waals surface area contributed by atoms with Crippen LogP contribution in [0.15, 0.2) is 6.20 Å². The summed E-state index contributed by atoms with van der Waals surface area (Å²) in [4.78, 5) is 13.0. The van der Waals surface area contributed by atoms with Crippen LogP contribution in [0, 0.1) is 13.7 Å². The van der Waals surface area contributed by atoms with E-state index in [9.17, 15) is 18.9 Å². The van der Waals surface area contributed by atoms with E-state index in [-0.39, 0.29) is 3.57 Å². The number of alkyl halides is 3. The maximum absolute atomic E-state index is 12.6. The second-order valence-corrected chi connectivity index (χ2v) is 4.17. The molecule has 4 nitrogen and oxygen atoms in total. The molecular formula is C7H4BrF2IN2O2. The summed E-state index contributed by atoms with van der Waals surface area (Å²) in [7, 11) is 0. The molecule has 0 atom stereocenters. The molecule has 1 aromatic heterocycles. The Labute approximate surface area is 105 Å². The van der Waals surface area contributed by atoms with Crippen molar-refractivity contribution in [2.24, 2.45) is 0 Å². The first-order valence-electron chi connectivity index (χ1n) is 3.64. The minimum Gasteiger partial charge on any atom is -0.358 e. The summed E-state index contributed by atoms with van der Waals surface area (Å²) in [5, 5.41) is 10.8. The van der Waals surface area contributed by atoms with Crippen LogP contribution in [0.1, 0.15) is 17.6 Å². The average Bonchev–Trinajstić information content (AvgIpc) is 2.16. The Hall–Kier alpha value is -0.380. The summed E-state index contributed by atoms with van der Waals surface area (Å²) in [6.45, 7) is 0. The number of rotatable bonds is 3. The minimum absolute atomic E-state index is 0.182. The Kier molecular flexibility index (Phi) is 4.32. The van der Waals surface area contributed by atoms with Crippen LogP contribution in [-0.4, -0.2) is 9.91 Å². The van der Waals surface area contributed by atoms with Crippen molar-refractivity contribution in [3.05, 3.63) is 31.0 Å². The van der Waals surface area contributed by atoms with E-state index in [1.54, 1.807) is 22.6 Å². The van der Waals surface area contributed by atoms with Crippen LogP contribution < -0.4 is 0 Å². The second kappa shape index (κ2) is 5.10. The molecule has 1 heterocycles. The molecule has 0 aliphatic rings. The van der Waals surface area contributed by atoms with Gasteiger partial charge in [-0.1, -0.05) is 15.9 Å². The van der Waals surface area contributed by atoms with Gasteiger partial charge in [-0.3, -0.25) is 0 Å². The summed E-state index contributed by atoms with van der Waals surface area (Å²) >= 11 is 4.75. The molecular weight excluding hydrogens is 389 g/mol. The molecule has 0 unspecified atom stereocenters. The topological polar surface area (TPSA) is 56.0 Å². The summed E-state index contributed by atoms with van der Waals surface area (Å²) in [5.41, 5.74) is -0.103. The molecule has 0 saturated carbocycles. The monoisotopic (exact) mass is 392 g/mol. The lowest BCUT2D eigenvalue weighted by atomic mass is 10.2. The molecule has 82 valence electrons. The summed E-state index contributed by atoms with van der Waals surface area (Å²) < 4.78 is 25.4. The fourth-order valence-electron chi connectivity index (χ4n) is 0.968. The summed E-state index contributed by atoms with van der Waals surface area (Å²) in [6.07, 6.45) is -1.68. The molecule has 0 fully saturated rings. The summed E-state index contributed by atoms with van der Waals surface area (Å²) in [5.74, 6) is -0.779. The van der Waals surface area contributed by atoms with Gasteiger partial charge in [0, 0.05) is 14.5 Å². The number of aromatic nitrogens is 1. The van der Waals surface area contributed by atoms with Crippen LogP contribution in [-0.2, 0) is 5.33 Å². The van der Waals surface area contributed by atoms with Crippen molar-refractivity contribution in [3.8, 4) is 0 Å². The molecule has 0 radical (unpaired) electrons. The molecule has 0 aromatic carbocycles. The van der Waals surface area contributed by atoms with Gasteiger partial charge < -0.3 is 10.1 Å². The van der Waals surface area contributed by atoms with Crippen molar-refractivity contribution in [2.45, 2.75) is 11.8 Å². The van der Waals surface area contributed by atoms with Gasteiger partial charge in [0.25, 0.3) is 6.43 Å². The first-order valence-corrected chi connectivity index (χ1v) is 5.84. The van der Waals surface area contributed by atoms with E-state index in [2.05, 4.69) is 20.9 Å². The highest BCUT2D eigenvalue weighted by molar-refractivity contribution is 14.1. The Morgan fingerprint density at radius 3 is 2.67 bits per heavy atom. The highest BCUT2D eigenvalue weighted by Crippen LogP contribution is 2.33. The maximum atomic E-state index is 12.6. The van der Waals surface area contributed by atoms with E-state index in [0.29, 0.717) is 10.9 Å². The number of hydrogen-bond acceptors (Lipinski definition) is 3. The Bertz CT molecular complexity index is 403. The van der Waals surface area contributed by atoms with Gasteiger partial charge in [0.05, 0.1) is 0 Å². The SMILES string of the molecule is O=[N+]([O-])c1ncc(CBr)c(I)c1C(F)F. The van der Waals surface area contributed by atoms with Crippen LogP contribution in [0.3, 0.4) is 0 Å². The molecule has 0 saturated heterocycles.